The molecule has 8 heteroatoms. The molecule has 0 fully saturated rings. The van der Waals surface area contributed by atoms with Gasteiger partial charge in [-0.1, -0.05) is 11.6 Å². The second-order valence-electron chi connectivity index (χ2n) is 4.05. The normalized spacial score (nSPS) is 11.3. The summed E-state index contributed by atoms with van der Waals surface area (Å²) in [5, 5.41) is 3.04. The Kier molecular flexibility index (Phi) is 4.52. The number of halogens is 4. The molecule has 0 aliphatic carbocycles. The third kappa shape index (κ3) is 4.22. The van der Waals surface area contributed by atoms with E-state index in [0.717, 1.165) is 12.1 Å². The van der Waals surface area contributed by atoms with Crippen molar-refractivity contribution in [3.05, 3.63) is 41.2 Å². The summed E-state index contributed by atoms with van der Waals surface area (Å²) in [6.07, 6.45) is -1.77. The second kappa shape index (κ2) is 6.17. The van der Waals surface area contributed by atoms with Crippen molar-refractivity contribution in [2.75, 3.05) is 11.9 Å². The Hall–Kier alpha value is -2.02. The average Bonchev–Trinajstić information content (AvgIpc) is 2.37. The van der Waals surface area contributed by atoms with Crippen molar-refractivity contribution in [1.29, 1.82) is 0 Å². The van der Waals surface area contributed by atoms with Gasteiger partial charge in [-0.05, 0) is 13.0 Å². The standard InChI is InChI=1S/C13H11ClF3N3O/c1-2-19-11-3-8(13(15,16)17)4-12(20-11)21-10-5-9(14)6-18-7-10/h3-7H,2H2,1H3,(H,19,20). The number of aromatic nitrogens is 2. The summed E-state index contributed by atoms with van der Waals surface area (Å²) in [5.41, 5.74) is -0.849. The minimum atomic E-state index is -4.49. The highest BCUT2D eigenvalue weighted by Crippen LogP contribution is 2.33. The largest absolute Gasteiger partial charge is 0.437 e. The molecule has 112 valence electrons. The molecule has 0 bridgehead atoms. The lowest BCUT2D eigenvalue weighted by atomic mass is 10.2. The van der Waals surface area contributed by atoms with Crippen LogP contribution < -0.4 is 10.1 Å². The Bertz CT molecular complexity index is 634. The summed E-state index contributed by atoms with van der Waals surface area (Å²) < 4.78 is 43.8. The van der Waals surface area contributed by atoms with Crippen LogP contribution >= 0.6 is 11.6 Å². The molecule has 21 heavy (non-hydrogen) atoms. The molecule has 2 aromatic rings. The van der Waals surface area contributed by atoms with E-state index in [-0.39, 0.29) is 17.4 Å². The number of hydrogen-bond donors (Lipinski definition) is 1. The fourth-order valence-corrected chi connectivity index (χ4v) is 1.73. The zero-order chi connectivity index (χ0) is 15.5. The summed E-state index contributed by atoms with van der Waals surface area (Å²) in [6, 6.07) is 3.18. The molecule has 4 nitrogen and oxygen atoms in total. The number of alkyl halides is 3. The number of nitrogens with one attached hydrogen (secondary N) is 1. The SMILES string of the molecule is CCNc1cc(C(F)(F)F)cc(Oc2cncc(Cl)c2)n1. The van der Waals surface area contributed by atoms with E-state index in [2.05, 4.69) is 15.3 Å². The van der Waals surface area contributed by atoms with Crippen molar-refractivity contribution in [2.45, 2.75) is 13.1 Å². The molecular formula is C13H11ClF3N3O. The molecule has 0 spiro atoms. The smallest absolute Gasteiger partial charge is 0.416 e. The first-order chi connectivity index (χ1) is 9.88. The molecule has 1 N–H and O–H groups in total. The van der Waals surface area contributed by atoms with E-state index in [1.807, 2.05) is 0 Å². The maximum absolute atomic E-state index is 12.8. The quantitative estimate of drug-likeness (QED) is 0.909. The zero-order valence-corrected chi connectivity index (χ0v) is 11.7. The lowest BCUT2D eigenvalue weighted by molar-refractivity contribution is -0.137. The van der Waals surface area contributed by atoms with Gasteiger partial charge in [-0.15, -0.1) is 0 Å². The Morgan fingerprint density at radius 1 is 1.24 bits per heavy atom. The molecule has 2 aromatic heterocycles. The van der Waals surface area contributed by atoms with Crippen molar-refractivity contribution >= 4 is 17.4 Å². The van der Waals surface area contributed by atoms with Crippen LogP contribution in [0.3, 0.4) is 0 Å². The molecule has 0 aliphatic rings. The van der Waals surface area contributed by atoms with Crippen LogP contribution in [0.1, 0.15) is 12.5 Å². The third-order valence-corrected chi connectivity index (χ3v) is 2.60. The van der Waals surface area contributed by atoms with Crippen molar-refractivity contribution in [3.8, 4) is 11.6 Å². The fraction of sp³-hybridized carbons (Fsp3) is 0.231. The Morgan fingerprint density at radius 3 is 2.62 bits per heavy atom. The molecule has 0 aromatic carbocycles. The first-order valence-electron chi connectivity index (χ1n) is 6.00. The molecular weight excluding hydrogens is 307 g/mol. The number of anilines is 1. The third-order valence-electron chi connectivity index (χ3n) is 2.39. The molecule has 0 saturated heterocycles. The van der Waals surface area contributed by atoms with Crippen LogP contribution in [-0.2, 0) is 6.18 Å². The number of rotatable bonds is 4. The molecule has 0 radical (unpaired) electrons. The maximum atomic E-state index is 12.8. The van der Waals surface area contributed by atoms with Gasteiger partial charge in [-0.2, -0.15) is 18.2 Å². The summed E-state index contributed by atoms with van der Waals surface area (Å²) >= 11 is 5.74. The summed E-state index contributed by atoms with van der Waals surface area (Å²) in [4.78, 5) is 7.75. The summed E-state index contributed by atoms with van der Waals surface area (Å²) in [6.45, 7) is 2.19. The Morgan fingerprint density at radius 2 is 2.00 bits per heavy atom. The van der Waals surface area contributed by atoms with Crippen LogP contribution in [-0.4, -0.2) is 16.5 Å². The minimum absolute atomic E-state index is 0.0808. The molecule has 0 unspecified atom stereocenters. The predicted octanol–water partition coefficient (Wildman–Crippen LogP) is 4.37. The van der Waals surface area contributed by atoms with Gasteiger partial charge in [0, 0.05) is 24.9 Å². The lowest BCUT2D eigenvalue weighted by Gasteiger charge is -2.12. The second-order valence-corrected chi connectivity index (χ2v) is 4.48. The van der Waals surface area contributed by atoms with Crippen molar-refractivity contribution in [1.82, 2.24) is 9.97 Å². The van der Waals surface area contributed by atoms with Crippen LogP contribution in [0.5, 0.6) is 11.6 Å². The molecule has 0 amide bonds. The van der Waals surface area contributed by atoms with Gasteiger partial charge in [0.05, 0.1) is 16.8 Å². The van der Waals surface area contributed by atoms with Crippen LogP contribution in [0.2, 0.25) is 5.02 Å². The number of pyridine rings is 2. The van der Waals surface area contributed by atoms with Gasteiger partial charge in [-0.25, -0.2) is 0 Å². The average molecular weight is 318 g/mol. The van der Waals surface area contributed by atoms with Gasteiger partial charge >= 0.3 is 6.18 Å². The van der Waals surface area contributed by atoms with Gasteiger partial charge in [0.25, 0.3) is 0 Å². The topological polar surface area (TPSA) is 47.0 Å². The van der Waals surface area contributed by atoms with Gasteiger partial charge in [0.2, 0.25) is 5.88 Å². The van der Waals surface area contributed by atoms with E-state index < -0.39 is 11.7 Å². The predicted molar refractivity (Wildman–Crippen MR) is 72.7 cm³/mol. The summed E-state index contributed by atoms with van der Waals surface area (Å²) in [7, 11) is 0. The van der Waals surface area contributed by atoms with Crippen molar-refractivity contribution in [3.63, 3.8) is 0 Å². The van der Waals surface area contributed by atoms with E-state index in [4.69, 9.17) is 16.3 Å². The van der Waals surface area contributed by atoms with E-state index in [1.54, 1.807) is 6.92 Å². The van der Waals surface area contributed by atoms with E-state index in [0.29, 0.717) is 11.6 Å². The van der Waals surface area contributed by atoms with E-state index in [9.17, 15) is 13.2 Å². The van der Waals surface area contributed by atoms with Crippen LogP contribution in [0.4, 0.5) is 19.0 Å². The highest BCUT2D eigenvalue weighted by Gasteiger charge is 2.32. The lowest BCUT2D eigenvalue weighted by Crippen LogP contribution is -2.08. The maximum Gasteiger partial charge on any atom is 0.416 e. The van der Waals surface area contributed by atoms with Gasteiger partial charge in [0.1, 0.15) is 11.6 Å². The minimum Gasteiger partial charge on any atom is -0.437 e. The Balaban J connectivity index is 2.35. The van der Waals surface area contributed by atoms with Crippen LogP contribution in [0.15, 0.2) is 30.6 Å². The van der Waals surface area contributed by atoms with E-state index >= 15 is 0 Å². The molecule has 2 heterocycles. The Labute approximate surface area is 123 Å². The number of hydrogen-bond acceptors (Lipinski definition) is 4. The monoisotopic (exact) mass is 317 g/mol. The first-order valence-corrected chi connectivity index (χ1v) is 6.38. The molecule has 0 saturated carbocycles. The highest BCUT2D eigenvalue weighted by molar-refractivity contribution is 6.30. The first kappa shape index (κ1) is 15.4. The van der Waals surface area contributed by atoms with Gasteiger partial charge in [-0.3, -0.25) is 4.98 Å². The molecule has 0 aliphatic heterocycles. The summed E-state index contributed by atoms with van der Waals surface area (Å²) in [5.74, 6) is 0.0962. The number of nitrogens with zero attached hydrogens (tertiary/aromatic N) is 2. The van der Waals surface area contributed by atoms with Gasteiger partial charge in [0.15, 0.2) is 0 Å². The van der Waals surface area contributed by atoms with Crippen molar-refractivity contribution in [2.24, 2.45) is 0 Å². The van der Waals surface area contributed by atoms with E-state index in [1.165, 1.54) is 18.5 Å². The van der Waals surface area contributed by atoms with Gasteiger partial charge < -0.3 is 10.1 Å². The number of ether oxygens (including phenoxy) is 1. The van der Waals surface area contributed by atoms with Crippen molar-refractivity contribution < 1.29 is 17.9 Å². The van der Waals surface area contributed by atoms with Crippen LogP contribution in [0.25, 0.3) is 0 Å². The van der Waals surface area contributed by atoms with Crippen LogP contribution in [0, 0.1) is 0 Å². The highest BCUT2D eigenvalue weighted by atomic mass is 35.5. The molecule has 2 rings (SSSR count). The molecule has 0 atom stereocenters. The fourth-order valence-electron chi connectivity index (χ4n) is 1.56. The zero-order valence-electron chi connectivity index (χ0n) is 10.9.